The molecule has 3 aromatic rings. The van der Waals surface area contributed by atoms with E-state index in [1.54, 1.807) is 7.11 Å². The molecule has 0 radical (unpaired) electrons. The first kappa shape index (κ1) is 21.1. The zero-order chi connectivity index (χ0) is 22.6. The average Bonchev–Trinajstić information content (AvgIpc) is 2.89. The van der Waals surface area contributed by atoms with Gasteiger partial charge in [0.05, 0.1) is 12.8 Å². The number of fused-ring (bicyclic) bond motifs is 1. The highest BCUT2D eigenvalue weighted by atomic mass is 16.6. The first-order valence-electron chi connectivity index (χ1n) is 11.1. The van der Waals surface area contributed by atoms with Crippen molar-refractivity contribution in [2.45, 2.75) is 25.0 Å². The molecule has 2 aliphatic rings. The van der Waals surface area contributed by atoms with E-state index in [-0.39, 0.29) is 18.6 Å². The Morgan fingerprint density at radius 2 is 1.76 bits per heavy atom. The van der Waals surface area contributed by atoms with Crippen LogP contribution in [0.2, 0.25) is 0 Å². The molecule has 0 bridgehead atoms. The third-order valence-corrected chi connectivity index (χ3v) is 6.00. The molecule has 0 aliphatic carbocycles. The summed E-state index contributed by atoms with van der Waals surface area (Å²) in [6, 6.07) is 19.2. The van der Waals surface area contributed by atoms with Crippen molar-refractivity contribution in [1.82, 2.24) is 15.5 Å². The lowest BCUT2D eigenvalue weighted by atomic mass is 10.0. The Bertz CT molecular complexity index is 1110. The highest BCUT2D eigenvalue weighted by molar-refractivity contribution is 5.82. The molecule has 2 aromatic carbocycles. The first-order valence-corrected chi connectivity index (χ1v) is 11.1. The highest BCUT2D eigenvalue weighted by Crippen LogP contribution is 2.31. The molecule has 3 heterocycles. The van der Waals surface area contributed by atoms with Crippen molar-refractivity contribution in [2.75, 3.05) is 31.7 Å². The first-order chi connectivity index (χ1) is 16.2. The van der Waals surface area contributed by atoms with Crippen molar-refractivity contribution in [1.29, 1.82) is 0 Å². The molecule has 0 unspecified atom stereocenters. The minimum atomic E-state index is -0.633. The summed E-state index contributed by atoms with van der Waals surface area (Å²) in [6.07, 6.45) is 1.02. The Labute approximate surface area is 192 Å². The Hall–Kier alpha value is -3.81. The molecule has 1 saturated heterocycles. The van der Waals surface area contributed by atoms with Crippen molar-refractivity contribution in [3.05, 3.63) is 60.7 Å². The molecule has 1 aromatic heterocycles. The summed E-state index contributed by atoms with van der Waals surface area (Å²) in [5.74, 6) is 2.75. The van der Waals surface area contributed by atoms with Crippen LogP contribution in [0.25, 0.3) is 11.3 Å². The molecular weight excluding hydrogens is 420 g/mol. The molecule has 33 heavy (non-hydrogen) atoms. The van der Waals surface area contributed by atoms with Gasteiger partial charge in [-0.25, -0.2) is 0 Å². The molecule has 8 nitrogen and oxygen atoms in total. The normalized spacial score (nSPS) is 18.0. The van der Waals surface area contributed by atoms with Crippen molar-refractivity contribution in [2.24, 2.45) is 0 Å². The van der Waals surface area contributed by atoms with Crippen LogP contribution < -0.4 is 24.4 Å². The predicted octanol–water partition coefficient (Wildman–Crippen LogP) is 3.08. The fourth-order valence-electron chi connectivity index (χ4n) is 4.19. The van der Waals surface area contributed by atoms with Crippen LogP contribution in [0.4, 0.5) is 5.82 Å². The second-order valence-corrected chi connectivity index (χ2v) is 8.11. The topological polar surface area (TPSA) is 85.8 Å². The molecule has 2 aliphatic heterocycles. The maximum atomic E-state index is 12.7. The maximum absolute atomic E-state index is 12.7. The van der Waals surface area contributed by atoms with Gasteiger partial charge < -0.3 is 24.4 Å². The maximum Gasteiger partial charge on any atom is 0.264 e. The fraction of sp³-hybridized carbons (Fsp3) is 0.320. The van der Waals surface area contributed by atoms with Gasteiger partial charge in [0.15, 0.2) is 17.3 Å². The largest absolute Gasteiger partial charge is 0.496 e. The Balaban J connectivity index is 1.15. The number of methoxy groups -OCH3 is 1. The van der Waals surface area contributed by atoms with Crippen LogP contribution in [-0.4, -0.2) is 55.1 Å². The van der Waals surface area contributed by atoms with E-state index < -0.39 is 6.10 Å². The third-order valence-electron chi connectivity index (χ3n) is 6.00. The molecule has 1 amide bonds. The lowest BCUT2D eigenvalue weighted by Crippen LogP contribution is -2.51. The third kappa shape index (κ3) is 4.55. The number of para-hydroxylation sites is 3. The van der Waals surface area contributed by atoms with Gasteiger partial charge in [-0.15, -0.1) is 10.2 Å². The Kier molecular flexibility index (Phi) is 5.97. The van der Waals surface area contributed by atoms with E-state index in [1.165, 1.54) is 0 Å². The minimum Gasteiger partial charge on any atom is -0.496 e. The highest BCUT2D eigenvalue weighted by Gasteiger charge is 2.30. The smallest absolute Gasteiger partial charge is 0.264 e. The van der Waals surface area contributed by atoms with Crippen LogP contribution >= 0.6 is 0 Å². The number of nitrogens with one attached hydrogen (secondary N) is 1. The molecule has 170 valence electrons. The average molecular weight is 447 g/mol. The SMILES string of the molecule is COc1ccccc1-c1ccc(N2CCC(NC(=O)[C@@H]3COc4ccccc4O3)CC2)nn1. The van der Waals surface area contributed by atoms with Crippen molar-refractivity contribution in [3.63, 3.8) is 0 Å². The summed E-state index contributed by atoms with van der Waals surface area (Å²) in [5, 5.41) is 12.0. The van der Waals surface area contributed by atoms with Gasteiger partial charge in [-0.3, -0.25) is 4.79 Å². The molecule has 1 atom stereocenters. The minimum absolute atomic E-state index is 0.0929. The summed E-state index contributed by atoms with van der Waals surface area (Å²) in [6.45, 7) is 1.80. The number of benzene rings is 2. The molecule has 5 rings (SSSR count). The lowest BCUT2D eigenvalue weighted by Gasteiger charge is -2.34. The number of nitrogens with zero attached hydrogens (tertiary/aromatic N) is 3. The standard InChI is InChI=1S/C25H26N4O4/c1-31-20-7-3-2-6-18(20)19-10-11-24(28-27-19)29-14-12-17(13-15-29)26-25(30)23-16-32-21-8-4-5-9-22(21)33-23/h2-11,17,23H,12-16H2,1H3,(H,26,30)/t23-/m0/s1. The van der Waals surface area contributed by atoms with Crippen LogP contribution in [0, 0.1) is 0 Å². The molecule has 8 heteroatoms. The summed E-state index contributed by atoms with van der Waals surface area (Å²) in [7, 11) is 1.65. The van der Waals surface area contributed by atoms with E-state index >= 15 is 0 Å². The monoisotopic (exact) mass is 446 g/mol. The number of amides is 1. The fourth-order valence-corrected chi connectivity index (χ4v) is 4.19. The molecule has 1 N–H and O–H groups in total. The van der Waals surface area contributed by atoms with Crippen LogP contribution in [0.5, 0.6) is 17.2 Å². The zero-order valence-electron chi connectivity index (χ0n) is 18.4. The van der Waals surface area contributed by atoms with E-state index in [0.717, 1.165) is 48.8 Å². The second kappa shape index (κ2) is 9.36. The van der Waals surface area contributed by atoms with Crippen LogP contribution in [0.15, 0.2) is 60.7 Å². The van der Waals surface area contributed by atoms with Crippen LogP contribution in [0.3, 0.4) is 0 Å². The van der Waals surface area contributed by atoms with E-state index in [2.05, 4.69) is 20.4 Å². The lowest BCUT2D eigenvalue weighted by molar-refractivity contribution is -0.131. The number of carbonyl (C=O) groups is 1. The summed E-state index contributed by atoms with van der Waals surface area (Å²) >= 11 is 0. The Morgan fingerprint density at radius 1 is 1.00 bits per heavy atom. The molecule has 0 spiro atoms. The van der Waals surface area contributed by atoms with Crippen LogP contribution in [-0.2, 0) is 4.79 Å². The number of rotatable bonds is 5. The van der Waals surface area contributed by atoms with Gasteiger partial charge >= 0.3 is 0 Å². The van der Waals surface area contributed by atoms with Gasteiger partial charge in [0.25, 0.3) is 5.91 Å². The van der Waals surface area contributed by atoms with E-state index in [0.29, 0.717) is 11.5 Å². The van der Waals surface area contributed by atoms with Crippen molar-refractivity contribution >= 4 is 11.7 Å². The second-order valence-electron chi connectivity index (χ2n) is 8.11. The van der Waals surface area contributed by atoms with Gasteiger partial charge in [0.1, 0.15) is 12.4 Å². The number of anilines is 1. The van der Waals surface area contributed by atoms with E-state index in [4.69, 9.17) is 14.2 Å². The van der Waals surface area contributed by atoms with Gasteiger partial charge in [0, 0.05) is 24.7 Å². The van der Waals surface area contributed by atoms with E-state index in [1.807, 2.05) is 60.7 Å². The van der Waals surface area contributed by atoms with Crippen molar-refractivity contribution < 1.29 is 19.0 Å². The number of ether oxygens (including phenoxy) is 3. The van der Waals surface area contributed by atoms with E-state index in [9.17, 15) is 4.79 Å². The molecule has 1 fully saturated rings. The van der Waals surface area contributed by atoms with Gasteiger partial charge in [-0.2, -0.15) is 0 Å². The number of piperidine rings is 1. The quantitative estimate of drug-likeness (QED) is 0.645. The zero-order valence-corrected chi connectivity index (χ0v) is 18.4. The Morgan fingerprint density at radius 3 is 2.52 bits per heavy atom. The van der Waals surface area contributed by atoms with Crippen molar-refractivity contribution in [3.8, 4) is 28.5 Å². The number of aromatic nitrogens is 2. The van der Waals surface area contributed by atoms with Gasteiger partial charge in [-0.05, 0) is 49.2 Å². The summed E-state index contributed by atoms with van der Waals surface area (Å²) < 4.78 is 16.9. The summed E-state index contributed by atoms with van der Waals surface area (Å²) in [4.78, 5) is 14.9. The van der Waals surface area contributed by atoms with Gasteiger partial charge in [-0.1, -0.05) is 24.3 Å². The van der Waals surface area contributed by atoms with Crippen LogP contribution in [0.1, 0.15) is 12.8 Å². The number of hydrogen-bond donors (Lipinski definition) is 1. The number of hydrogen-bond acceptors (Lipinski definition) is 7. The molecular formula is C25H26N4O4. The van der Waals surface area contributed by atoms with Gasteiger partial charge in [0.2, 0.25) is 6.10 Å². The number of carbonyl (C=O) groups excluding carboxylic acids is 1. The molecule has 0 saturated carbocycles. The summed E-state index contributed by atoms with van der Waals surface area (Å²) in [5.41, 5.74) is 1.69. The predicted molar refractivity (Wildman–Crippen MR) is 124 cm³/mol.